The number of rotatable bonds is 3. The second kappa shape index (κ2) is 5.95. The SMILES string of the molecule is CC(=O)Nc1ccccc1C(=S=O)c1nc2ccccc2[nH]1. The van der Waals surface area contributed by atoms with Crippen molar-refractivity contribution in [2.45, 2.75) is 6.92 Å². The molecule has 5 nitrogen and oxygen atoms in total. The van der Waals surface area contributed by atoms with Crippen molar-refractivity contribution in [2.75, 3.05) is 5.32 Å². The van der Waals surface area contributed by atoms with Gasteiger partial charge in [0.25, 0.3) is 0 Å². The summed E-state index contributed by atoms with van der Waals surface area (Å²) in [5, 5.41) is 2.74. The van der Waals surface area contributed by atoms with Gasteiger partial charge in [-0.25, -0.2) is 9.19 Å². The molecule has 0 radical (unpaired) electrons. The molecule has 0 aliphatic heterocycles. The molecule has 0 aliphatic rings. The van der Waals surface area contributed by atoms with Crippen molar-refractivity contribution in [3.05, 3.63) is 59.9 Å². The van der Waals surface area contributed by atoms with Crippen LogP contribution in [-0.4, -0.2) is 24.9 Å². The second-order valence-corrected chi connectivity index (χ2v) is 5.32. The summed E-state index contributed by atoms with van der Waals surface area (Å²) in [7, 11) is 0. The fourth-order valence-electron chi connectivity index (χ4n) is 2.25. The third-order valence-corrected chi connectivity index (χ3v) is 3.75. The van der Waals surface area contributed by atoms with E-state index in [1.54, 1.807) is 18.2 Å². The van der Waals surface area contributed by atoms with Crippen molar-refractivity contribution in [3.8, 4) is 0 Å². The molecule has 2 aromatic carbocycles. The van der Waals surface area contributed by atoms with Gasteiger partial charge in [0, 0.05) is 18.2 Å². The molecule has 0 spiro atoms. The maximum absolute atomic E-state index is 11.7. The number of carbonyl (C=O) groups is 1. The molecule has 2 N–H and O–H groups in total. The van der Waals surface area contributed by atoms with E-state index in [9.17, 15) is 9.00 Å². The predicted molar refractivity (Wildman–Crippen MR) is 88.2 cm³/mol. The van der Waals surface area contributed by atoms with Crippen molar-refractivity contribution < 1.29 is 9.00 Å². The molecule has 1 amide bonds. The van der Waals surface area contributed by atoms with Gasteiger partial charge in [0.2, 0.25) is 5.91 Å². The Balaban J connectivity index is 2.12. The number of para-hydroxylation sites is 3. The molecule has 1 heterocycles. The van der Waals surface area contributed by atoms with E-state index in [-0.39, 0.29) is 5.91 Å². The van der Waals surface area contributed by atoms with Gasteiger partial charge in [-0.3, -0.25) is 4.79 Å². The Bertz CT molecular complexity index is 877. The van der Waals surface area contributed by atoms with E-state index in [4.69, 9.17) is 0 Å². The highest BCUT2D eigenvalue weighted by molar-refractivity contribution is 7.67. The number of hydrogen-bond donors (Lipinski definition) is 2. The summed E-state index contributed by atoms with van der Waals surface area (Å²) in [5.41, 5.74) is 2.90. The quantitative estimate of drug-likeness (QED) is 0.576. The number of fused-ring (bicyclic) bond motifs is 1. The van der Waals surface area contributed by atoms with Crippen molar-refractivity contribution >= 4 is 38.7 Å². The first-order chi connectivity index (χ1) is 10.7. The first kappa shape index (κ1) is 14.2. The monoisotopic (exact) mass is 311 g/mol. The van der Waals surface area contributed by atoms with Crippen LogP contribution in [0.4, 0.5) is 5.69 Å². The molecule has 3 aromatic rings. The number of amides is 1. The third kappa shape index (κ3) is 2.68. The lowest BCUT2D eigenvalue weighted by Gasteiger charge is -2.08. The van der Waals surface area contributed by atoms with Crippen molar-refractivity contribution in [3.63, 3.8) is 0 Å². The zero-order valence-electron chi connectivity index (χ0n) is 11.8. The number of H-pyrrole nitrogens is 1. The smallest absolute Gasteiger partial charge is 0.221 e. The van der Waals surface area contributed by atoms with Gasteiger partial charge in [0.1, 0.15) is 16.1 Å². The Labute approximate surface area is 130 Å². The van der Waals surface area contributed by atoms with Gasteiger partial charge < -0.3 is 10.3 Å². The van der Waals surface area contributed by atoms with Gasteiger partial charge in [-0.15, -0.1) is 0 Å². The van der Waals surface area contributed by atoms with Gasteiger partial charge >= 0.3 is 0 Å². The summed E-state index contributed by atoms with van der Waals surface area (Å²) in [4.78, 5) is 19.4. The van der Waals surface area contributed by atoms with Crippen LogP contribution in [0, 0.1) is 0 Å². The number of imidazole rings is 1. The van der Waals surface area contributed by atoms with E-state index in [2.05, 4.69) is 15.3 Å². The number of aromatic amines is 1. The van der Waals surface area contributed by atoms with Crippen molar-refractivity contribution in [1.82, 2.24) is 9.97 Å². The van der Waals surface area contributed by atoms with Crippen LogP contribution < -0.4 is 5.32 Å². The summed E-state index contributed by atoms with van der Waals surface area (Å²) in [5.74, 6) is 0.311. The Morgan fingerprint density at radius 2 is 1.86 bits per heavy atom. The average Bonchev–Trinajstić information content (AvgIpc) is 2.92. The Morgan fingerprint density at radius 3 is 2.59 bits per heavy atom. The van der Waals surface area contributed by atoms with Gasteiger partial charge in [-0.2, -0.15) is 0 Å². The van der Waals surface area contributed by atoms with Crippen LogP contribution in [0.1, 0.15) is 18.3 Å². The fourth-order valence-corrected chi connectivity index (χ4v) is 2.70. The maximum Gasteiger partial charge on any atom is 0.221 e. The maximum atomic E-state index is 11.7. The number of carbonyl (C=O) groups excluding carboxylic acids is 1. The molecule has 0 fully saturated rings. The first-order valence-electron chi connectivity index (χ1n) is 6.68. The van der Waals surface area contributed by atoms with E-state index >= 15 is 0 Å². The Kier molecular flexibility index (Phi) is 3.84. The zero-order chi connectivity index (χ0) is 15.5. The molecular formula is C16H13N3O2S. The predicted octanol–water partition coefficient (Wildman–Crippen LogP) is 2.30. The van der Waals surface area contributed by atoms with Gasteiger partial charge in [0.05, 0.1) is 11.0 Å². The highest BCUT2D eigenvalue weighted by atomic mass is 32.1. The van der Waals surface area contributed by atoms with Crippen LogP contribution in [0.2, 0.25) is 0 Å². The highest BCUT2D eigenvalue weighted by Crippen LogP contribution is 2.20. The van der Waals surface area contributed by atoms with E-state index in [1.807, 2.05) is 30.3 Å². The molecule has 6 heteroatoms. The molecule has 22 heavy (non-hydrogen) atoms. The summed E-state index contributed by atoms with van der Waals surface area (Å²) in [6.07, 6.45) is 0. The topological polar surface area (TPSA) is 74.8 Å². The zero-order valence-corrected chi connectivity index (χ0v) is 12.6. The van der Waals surface area contributed by atoms with Crippen LogP contribution in [-0.2, 0) is 16.1 Å². The summed E-state index contributed by atoms with van der Waals surface area (Å²) >= 11 is 0.354. The molecule has 0 saturated carbocycles. The molecule has 0 atom stereocenters. The van der Waals surface area contributed by atoms with Crippen LogP contribution in [0.15, 0.2) is 48.5 Å². The summed E-state index contributed by atoms with van der Waals surface area (Å²) < 4.78 is 11.7. The minimum atomic E-state index is -0.188. The minimum Gasteiger partial charge on any atom is -0.337 e. The van der Waals surface area contributed by atoms with Crippen molar-refractivity contribution in [2.24, 2.45) is 0 Å². The van der Waals surface area contributed by atoms with E-state index in [0.29, 0.717) is 33.2 Å². The number of nitrogens with zero attached hydrogens (tertiary/aromatic N) is 1. The highest BCUT2D eigenvalue weighted by Gasteiger charge is 2.15. The molecular weight excluding hydrogens is 298 g/mol. The standard InChI is InChI=1S/C16H13N3O2S/c1-10(20)17-12-7-3-2-6-11(12)15(22-21)16-18-13-8-4-5-9-14(13)19-16/h2-9H,1H3,(H,17,20)(H,18,19). The molecule has 0 saturated heterocycles. The number of hydrogen-bond acceptors (Lipinski definition) is 3. The third-order valence-electron chi connectivity index (χ3n) is 3.17. The van der Waals surface area contributed by atoms with Crippen molar-refractivity contribution in [1.29, 1.82) is 0 Å². The molecule has 0 bridgehead atoms. The largest absolute Gasteiger partial charge is 0.337 e. The number of nitrogens with one attached hydrogen (secondary N) is 2. The lowest BCUT2D eigenvalue weighted by Crippen LogP contribution is -2.13. The van der Waals surface area contributed by atoms with Gasteiger partial charge in [0.15, 0.2) is 5.82 Å². The van der Waals surface area contributed by atoms with Crippen LogP contribution >= 0.6 is 0 Å². The molecule has 0 unspecified atom stereocenters. The molecule has 0 aliphatic carbocycles. The van der Waals surface area contributed by atoms with Gasteiger partial charge in [-0.05, 0) is 18.2 Å². The minimum absolute atomic E-state index is 0.188. The number of anilines is 1. The van der Waals surface area contributed by atoms with E-state index in [1.165, 1.54) is 6.92 Å². The van der Waals surface area contributed by atoms with Crippen LogP contribution in [0.3, 0.4) is 0 Å². The molecule has 110 valence electrons. The summed E-state index contributed by atoms with van der Waals surface area (Å²) in [6.45, 7) is 1.43. The normalized spacial score (nSPS) is 10.4. The molecule has 3 rings (SSSR count). The Hall–Kier alpha value is -2.73. The lowest BCUT2D eigenvalue weighted by atomic mass is 10.1. The number of aromatic nitrogens is 2. The van der Waals surface area contributed by atoms with E-state index < -0.39 is 0 Å². The molecule has 1 aromatic heterocycles. The lowest BCUT2D eigenvalue weighted by molar-refractivity contribution is -0.114. The second-order valence-electron chi connectivity index (χ2n) is 4.74. The Morgan fingerprint density at radius 1 is 1.14 bits per heavy atom. The van der Waals surface area contributed by atoms with Crippen LogP contribution in [0.5, 0.6) is 0 Å². The number of benzene rings is 2. The van der Waals surface area contributed by atoms with E-state index in [0.717, 1.165) is 11.0 Å². The average molecular weight is 311 g/mol. The fraction of sp³-hybridized carbons (Fsp3) is 0.0625. The first-order valence-corrected chi connectivity index (χ1v) is 7.42. The van der Waals surface area contributed by atoms with Gasteiger partial charge in [-0.1, -0.05) is 30.3 Å². The van der Waals surface area contributed by atoms with Crippen LogP contribution in [0.25, 0.3) is 11.0 Å². The summed E-state index contributed by atoms with van der Waals surface area (Å²) in [6, 6.07) is 14.7.